The third-order valence-electron chi connectivity index (χ3n) is 8.36. The summed E-state index contributed by atoms with van der Waals surface area (Å²) in [5.74, 6) is -0.299. The maximum atomic E-state index is 14.4. The molecule has 0 bridgehead atoms. The Labute approximate surface area is 276 Å². The van der Waals surface area contributed by atoms with Gasteiger partial charge in [0.25, 0.3) is 0 Å². The number of rotatable bonds is 9. The third kappa shape index (κ3) is 7.83. The number of fused-ring (bicyclic) bond motifs is 1. The van der Waals surface area contributed by atoms with E-state index < -0.39 is 23.7 Å². The number of hydrogen-bond acceptors (Lipinski definition) is 5. The minimum Gasteiger partial charge on any atom is -0.336 e. The first-order chi connectivity index (χ1) is 23.2. The van der Waals surface area contributed by atoms with E-state index in [1.54, 1.807) is 35.8 Å². The lowest BCUT2D eigenvalue weighted by Gasteiger charge is -2.36. The summed E-state index contributed by atoms with van der Waals surface area (Å²) in [5.41, 5.74) is 4.63. The van der Waals surface area contributed by atoms with Crippen molar-refractivity contribution in [2.24, 2.45) is 0 Å². The van der Waals surface area contributed by atoms with Gasteiger partial charge in [0.05, 0.1) is 5.56 Å². The van der Waals surface area contributed by atoms with Gasteiger partial charge in [0.2, 0.25) is 11.8 Å². The summed E-state index contributed by atoms with van der Waals surface area (Å²) in [5, 5.41) is 0. The molecule has 3 aromatic carbocycles. The number of carbonyl (C=O) groups is 2. The number of halogens is 3. The van der Waals surface area contributed by atoms with E-state index >= 15 is 0 Å². The fourth-order valence-corrected chi connectivity index (χ4v) is 5.77. The monoisotopic (exact) mass is 647 g/mol. The molecule has 7 nitrogen and oxygen atoms in total. The van der Waals surface area contributed by atoms with Crippen LogP contribution in [0, 0.1) is 0 Å². The molecule has 6 rings (SSSR count). The molecule has 2 aromatic heterocycles. The maximum Gasteiger partial charge on any atom is 0.416 e. The predicted molar refractivity (Wildman–Crippen MR) is 176 cm³/mol. The number of amides is 2. The fraction of sp³-hybridized carbons (Fsp3) is 0.184. The second-order valence-corrected chi connectivity index (χ2v) is 11.5. The van der Waals surface area contributed by atoms with Crippen molar-refractivity contribution >= 4 is 17.9 Å². The molecule has 0 radical (unpaired) electrons. The summed E-state index contributed by atoms with van der Waals surface area (Å²) in [7, 11) is 0. The van der Waals surface area contributed by atoms with Crippen LogP contribution in [0.3, 0.4) is 0 Å². The lowest BCUT2D eigenvalue weighted by molar-refractivity contribution is -0.144. The van der Waals surface area contributed by atoms with Crippen molar-refractivity contribution in [3.63, 3.8) is 0 Å². The van der Waals surface area contributed by atoms with Crippen LogP contribution in [0.2, 0.25) is 0 Å². The van der Waals surface area contributed by atoms with Gasteiger partial charge in [-0.2, -0.15) is 13.2 Å². The Morgan fingerprint density at radius 3 is 2.17 bits per heavy atom. The highest BCUT2D eigenvalue weighted by molar-refractivity contribution is 5.95. The van der Waals surface area contributed by atoms with Crippen LogP contribution in [-0.2, 0) is 41.7 Å². The minimum absolute atomic E-state index is 0.0762. The molecule has 1 atom stereocenters. The summed E-state index contributed by atoms with van der Waals surface area (Å²) >= 11 is 0. The zero-order valence-electron chi connectivity index (χ0n) is 25.9. The van der Waals surface area contributed by atoms with Crippen molar-refractivity contribution < 1.29 is 22.8 Å². The zero-order chi connectivity index (χ0) is 33.5. The van der Waals surface area contributed by atoms with Crippen molar-refractivity contribution in [2.75, 3.05) is 6.54 Å². The largest absolute Gasteiger partial charge is 0.416 e. The van der Waals surface area contributed by atoms with Crippen LogP contribution in [0.15, 0.2) is 122 Å². The maximum absolute atomic E-state index is 14.4. The number of alkyl halides is 3. The van der Waals surface area contributed by atoms with Crippen molar-refractivity contribution in [1.29, 1.82) is 0 Å². The van der Waals surface area contributed by atoms with E-state index in [4.69, 9.17) is 0 Å². The molecule has 0 fully saturated rings. The molecule has 2 amide bonds. The van der Waals surface area contributed by atoms with Gasteiger partial charge < -0.3 is 9.80 Å². The van der Waals surface area contributed by atoms with Gasteiger partial charge in [0, 0.05) is 56.9 Å². The first-order valence-electron chi connectivity index (χ1n) is 15.5. The number of hydrogen-bond donors (Lipinski definition) is 0. The first kappa shape index (κ1) is 32.3. The molecule has 3 heterocycles. The van der Waals surface area contributed by atoms with Crippen molar-refractivity contribution in [3.05, 3.63) is 156 Å². The normalized spacial score (nSPS) is 13.6. The van der Waals surface area contributed by atoms with E-state index in [0.29, 0.717) is 30.9 Å². The van der Waals surface area contributed by atoms with Gasteiger partial charge in [-0.3, -0.25) is 14.6 Å². The molecule has 1 unspecified atom stereocenters. The van der Waals surface area contributed by atoms with E-state index in [1.807, 2.05) is 54.6 Å². The molecule has 48 heavy (non-hydrogen) atoms. The first-order valence-corrected chi connectivity index (χ1v) is 15.5. The van der Waals surface area contributed by atoms with Crippen molar-refractivity contribution in [3.8, 4) is 11.1 Å². The zero-order valence-corrected chi connectivity index (χ0v) is 25.9. The highest BCUT2D eigenvalue weighted by Gasteiger charge is 2.35. The Morgan fingerprint density at radius 1 is 0.812 bits per heavy atom. The highest BCUT2D eigenvalue weighted by atomic mass is 19.4. The van der Waals surface area contributed by atoms with Gasteiger partial charge in [0.1, 0.15) is 11.9 Å². The van der Waals surface area contributed by atoms with Gasteiger partial charge in [0.15, 0.2) is 0 Å². The van der Waals surface area contributed by atoms with Gasteiger partial charge in [-0.25, -0.2) is 9.97 Å². The van der Waals surface area contributed by atoms with Gasteiger partial charge in [-0.15, -0.1) is 0 Å². The molecular weight excluding hydrogens is 615 g/mol. The van der Waals surface area contributed by atoms with Crippen LogP contribution in [0.5, 0.6) is 0 Å². The Balaban J connectivity index is 1.34. The second-order valence-electron chi connectivity index (χ2n) is 11.5. The van der Waals surface area contributed by atoms with Crippen molar-refractivity contribution in [1.82, 2.24) is 24.8 Å². The van der Waals surface area contributed by atoms with Crippen LogP contribution in [0.4, 0.5) is 13.2 Å². The molecule has 0 N–H and O–H groups in total. The molecule has 10 heteroatoms. The van der Waals surface area contributed by atoms with Crippen LogP contribution >= 0.6 is 0 Å². The Bertz CT molecular complexity index is 1880. The molecule has 0 saturated carbocycles. The number of carbonyl (C=O) groups excluding carboxylic acids is 2. The molecular formula is C38H32F3N5O2. The summed E-state index contributed by atoms with van der Waals surface area (Å²) in [6.07, 6.45) is 5.67. The summed E-state index contributed by atoms with van der Waals surface area (Å²) in [4.78, 5) is 44.6. The van der Waals surface area contributed by atoms with E-state index in [-0.39, 0.29) is 18.9 Å². The minimum atomic E-state index is -4.47. The Morgan fingerprint density at radius 2 is 1.48 bits per heavy atom. The van der Waals surface area contributed by atoms with E-state index in [9.17, 15) is 22.8 Å². The smallest absolute Gasteiger partial charge is 0.336 e. The van der Waals surface area contributed by atoms with Crippen molar-refractivity contribution in [2.45, 2.75) is 38.1 Å². The average Bonchev–Trinajstić information content (AvgIpc) is 3.12. The molecule has 5 aromatic rings. The SMILES string of the molecule is O=C(C(Cc1ncccn1)N(Cc1ccc(-c2ccncc2)cc1)C(=O)C=Cc1ccc(C(F)(F)F)cc1)N1CCc2ccccc2C1. The number of aromatic nitrogens is 3. The lowest BCUT2D eigenvalue weighted by Crippen LogP contribution is -2.52. The summed E-state index contributed by atoms with van der Waals surface area (Å²) in [6.45, 7) is 0.998. The van der Waals surface area contributed by atoms with Crippen LogP contribution in [-0.4, -0.2) is 49.2 Å². The van der Waals surface area contributed by atoms with Crippen LogP contribution in [0.25, 0.3) is 17.2 Å². The van der Waals surface area contributed by atoms with Gasteiger partial charge in [-0.1, -0.05) is 60.7 Å². The van der Waals surface area contributed by atoms with Gasteiger partial charge in [-0.05, 0) is 76.2 Å². The molecule has 1 aliphatic rings. The predicted octanol–water partition coefficient (Wildman–Crippen LogP) is 6.80. The highest BCUT2D eigenvalue weighted by Crippen LogP contribution is 2.29. The second kappa shape index (κ2) is 14.4. The van der Waals surface area contributed by atoms with E-state index in [0.717, 1.165) is 34.4 Å². The standard InChI is InChI=1S/C38H32F3N5O2/c39-38(40,41)33-13-8-27(9-14-33)10-15-36(47)46(25-28-6-11-30(12-7-28)31-16-21-42-22-17-31)34(24-35-43-19-3-20-44-35)37(48)45-23-18-29-4-1-2-5-32(29)26-45/h1-17,19-22,34H,18,23-26H2. The summed E-state index contributed by atoms with van der Waals surface area (Å²) in [6, 6.07) is 24.8. The summed E-state index contributed by atoms with van der Waals surface area (Å²) < 4.78 is 39.4. The molecule has 1 aliphatic heterocycles. The van der Waals surface area contributed by atoms with Crippen LogP contribution < -0.4 is 0 Å². The molecule has 0 saturated heterocycles. The van der Waals surface area contributed by atoms with Gasteiger partial charge >= 0.3 is 6.18 Å². The molecule has 0 spiro atoms. The average molecular weight is 648 g/mol. The third-order valence-corrected chi connectivity index (χ3v) is 8.36. The molecule has 0 aliphatic carbocycles. The molecule has 242 valence electrons. The van der Waals surface area contributed by atoms with E-state index in [1.165, 1.54) is 34.7 Å². The Kier molecular flexibility index (Phi) is 9.70. The van der Waals surface area contributed by atoms with Crippen LogP contribution in [0.1, 0.15) is 33.6 Å². The number of nitrogens with zero attached hydrogens (tertiary/aromatic N) is 5. The quantitative estimate of drug-likeness (QED) is 0.165. The number of pyridine rings is 1. The number of benzene rings is 3. The lowest BCUT2D eigenvalue weighted by atomic mass is 9.98. The topological polar surface area (TPSA) is 79.3 Å². The van der Waals surface area contributed by atoms with E-state index in [2.05, 4.69) is 21.0 Å². The Hall–Kier alpha value is -5.64. The fourth-order valence-electron chi connectivity index (χ4n) is 5.77.